The zero-order valence-electron chi connectivity index (χ0n) is 11.3. The molecule has 0 spiro atoms. The van der Waals surface area contributed by atoms with Gasteiger partial charge in [0, 0.05) is 20.1 Å². The van der Waals surface area contributed by atoms with E-state index in [4.69, 9.17) is 11.5 Å². The average molecular weight is 256 g/mol. The van der Waals surface area contributed by atoms with E-state index in [0.29, 0.717) is 26.2 Å². The zero-order chi connectivity index (χ0) is 13.8. The predicted molar refractivity (Wildman–Crippen MR) is 69.7 cm³/mol. The lowest BCUT2D eigenvalue weighted by Gasteiger charge is -2.23. The van der Waals surface area contributed by atoms with Crippen LogP contribution in [0.15, 0.2) is 0 Å². The van der Waals surface area contributed by atoms with Crippen LogP contribution < -0.4 is 11.5 Å². The first kappa shape index (κ1) is 14.9. The van der Waals surface area contributed by atoms with Gasteiger partial charge in [0.25, 0.3) is 0 Å². The van der Waals surface area contributed by atoms with Crippen LogP contribution in [0.5, 0.6) is 0 Å². The number of hydrogen-bond acceptors (Lipinski definition) is 4. The molecule has 18 heavy (non-hydrogen) atoms. The summed E-state index contributed by atoms with van der Waals surface area (Å²) in [6.45, 7) is 4.79. The van der Waals surface area contributed by atoms with E-state index in [1.54, 1.807) is 11.9 Å². The smallest absolute Gasteiger partial charge is 0.236 e. The molecule has 104 valence electrons. The van der Waals surface area contributed by atoms with Crippen LogP contribution in [0.3, 0.4) is 0 Å². The second-order valence-corrected chi connectivity index (χ2v) is 5.34. The van der Waals surface area contributed by atoms with E-state index >= 15 is 0 Å². The summed E-state index contributed by atoms with van der Waals surface area (Å²) in [6, 6.07) is 0. The maximum Gasteiger partial charge on any atom is 0.236 e. The average Bonchev–Trinajstić information content (AvgIpc) is 2.69. The molecule has 1 unspecified atom stereocenters. The Morgan fingerprint density at radius 2 is 2.11 bits per heavy atom. The Morgan fingerprint density at radius 3 is 2.61 bits per heavy atom. The van der Waals surface area contributed by atoms with Crippen molar-refractivity contribution in [3.05, 3.63) is 0 Å². The van der Waals surface area contributed by atoms with Gasteiger partial charge in [-0.15, -0.1) is 0 Å². The first-order valence-electron chi connectivity index (χ1n) is 6.35. The van der Waals surface area contributed by atoms with E-state index in [2.05, 4.69) is 0 Å². The molecule has 6 heteroatoms. The number of nitrogens with zero attached hydrogens (tertiary/aromatic N) is 2. The molecule has 0 aliphatic carbocycles. The summed E-state index contributed by atoms with van der Waals surface area (Å²) in [4.78, 5) is 26.9. The van der Waals surface area contributed by atoms with Crippen molar-refractivity contribution in [2.24, 2.45) is 16.9 Å². The topological polar surface area (TPSA) is 92.7 Å². The van der Waals surface area contributed by atoms with Gasteiger partial charge in [-0.2, -0.15) is 0 Å². The van der Waals surface area contributed by atoms with Gasteiger partial charge in [-0.3, -0.25) is 14.5 Å². The van der Waals surface area contributed by atoms with Gasteiger partial charge in [-0.05, 0) is 32.9 Å². The van der Waals surface area contributed by atoms with Crippen LogP contribution in [0.25, 0.3) is 0 Å². The van der Waals surface area contributed by atoms with Crippen LogP contribution in [0.1, 0.15) is 19.8 Å². The third-order valence-electron chi connectivity index (χ3n) is 3.63. The van der Waals surface area contributed by atoms with E-state index in [0.717, 1.165) is 19.4 Å². The molecule has 1 fully saturated rings. The predicted octanol–water partition coefficient (Wildman–Crippen LogP) is -1.01. The lowest BCUT2D eigenvalue weighted by atomic mass is 9.89. The number of primary amides is 1. The highest BCUT2D eigenvalue weighted by molar-refractivity contribution is 5.81. The monoisotopic (exact) mass is 256 g/mol. The summed E-state index contributed by atoms with van der Waals surface area (Å²) >= 11 is 0. The second kappa shape index (κ2) is 6.15. The number of nitrogens with two attached hydrogens (primary N) is 2. The van der Waals surface area contributed by atoms with E-state index < -0.39 is 5.41 Å². The van der Waals surface area contributed by atoms with Gasteiger partial charge >= 0.3 is 0 Å². The molecule has 1 aliphatic rings. The number of carbonyl (C=O) groups excluding carboxylic acids is 2. The highest BCUT2D eigenvalue weighted by atomic mass is 16.2. The molecule has 0 aromatic heterocycles. The molecule has 1 heterocycles. The van der Waals surface area contributed by atoms with Crippen LogP contribution in [-0.2, 0) is 9.59 Å². The molecule has 4 N–H and O–H groups in total. The first-order chi connectivity index (χ1) is 8.39. The molecule has 2 amide bonds. The summed E-state index contributed by atoms with van der Waals surface area (Å²) in [5, 5.41) is 0. The minimum atomic E-state index is -0.490. The summed E-state index contributed by atoms with van der Waals surface area (Å²) in [7, 11) is 1.78. The van der Waals surface area contributed by atoms with Crippen LogP contribution in [0.2, 0.25) is 0 Å². The Labute approximate surface area is 108 Å². The molecule has 0 bridgehead atoms. The van der Waals surface area contributed by atoms with E-state index in [1.807, 2.05) is 11.8 Å². The number of hydrogen-bond donors (Lipinski definition) is 2. The Bertz CT molecular complexity index is 321. The van der Waals surface area contributed by atoms with Crippen molar-refractivity contribution in [1.82, 2.24) is 9.80 Å². The van der Waals surface area contributed by atoms with Gasteiger partial charge in [-0.25, -0.2) is 0 Å². The van der Waals surface area contributed by atoms with E-state index in [9.17, 15) is 9.59 Å². The fraction of sp³-hybridized carbons (Fsp3) is 0.833. The number of amides is 2. The Kier molecular flexibility index (Phi) is 5.10. The third-order valence-corrected chi connectivity index (χ3v) is 3.63. The van der Waals surface area contributed by atoms with Crippen molar-refractivity contribution in [2.75, 3.05) is 39.8 Å². The normalized spacial score (nSPS) is 24.2. The lowest BCUT2D eigenvalue weighted by molar-refractivity contribution is -0.132. The summed E-state index contributed by atoms with van der Waals surface area (Å²) < 4.78 is 0. The Balaban J connectivity index is 2.41. The Morgan fingerprint density at radius 1 is 1.44 bits per heavy atom. The standard InChI is InChI=1S/C12H24N4O2/c1-12(11(14)18)4-7-16(9-12)8-10(17)15(2)6-3-5-13/h3-9,13H2,1-2H3,(H2,14,18). The van der Waals surface area contributed by atoms with Gasteiger partial charge in [0.2, 0.25) is 11.8 Å². The maximum atomic E-state index is 11.9. The van der Waals surface area contributed by atoms with Crippen LogP contribution in [0, 0.1) is 5.41 Å². The molecular formula is C12H24N4O2. The van der Waals surface area contributed by atoms with Crippen LogP contribution in [0.4, 0.5) is 0 Å². The fourth-order valence-electron chi connectivity index (χ4n) is 2.16. The molecule has 6 nitrogen and oxygen atoms in total. The van der Waals surface area contributed by atoms with Crippen molar-refractivity contribution in [3.8, 4) is 0 Å². The molecule has 1 saturated heterocycles. The fourth-order valence-corrected chi connectivity index (χ4v) is 2.16. The summed E-state index contributed by atoms with van der Waals surface area (Å²) in [5.74, 6) is -0.217. The number of carbonyl (C=O) groups is 2. The molecule has 1 aliphatic heterocycles. The molecule has 0 radical (unpaired) electrons. The largest absolute Gasteiger partial charge is 0.369 e. The number of likely N-dealkylation sites (tertiary alicyclic amines) is 1. The summed E-state index contributed by atoms with van der Waals surface area (Å²) in [6.07, 6.45) is 1.53. The quantitative estimate of drug-likeness (QED) is 0.637. The minimum Gasteiger partial charge on any atom is -0.369 e. The number of rotatable bonds is 6. The lowest BCUT2D eigenvalue weighted by Crippen LogP contribution is -2.41. The molecule has 0 aromatic rings. The van der Waals surface area contributed by atoms with Crippen molar-refractivity contribution in [2.45, 2.75) is 19.8 Å². The van der Waals surface area contributed by atoms with Crippen molar-refractivity contribution in [3.63, 3.8) is 0 Å². The van der Waals surface area contributed by atoms with Gasteiger partial charge < -0.3 is 16.4 Å². The molecule has 0 aromatic carbocycles. The van der Waals surface area contributed by atoms with Gasteiger partial charge in [0.1, 0.15) is 0 Å². The van der Waals surface area contributed by atoms with E-state index in [1.165, 1.54) is 0 Å². The minimum absolute atomic E-state index is 0.0668. The second-order valence-electron chi connectivity index (χ2n) is 5.34. The van der Waals surface area contributed by atoms with Crippen molar-refractivity contribution in [1.29, 1.82) is 0 Å². The van der Waals surface area contributed by atoms with Crippen LogP contribution in [-0.4, -0.2) is 61.4 Å². The maximum absolute atomic E-state index is 11.9. The molecule has 1 atom stereocenters. The SMILES string of the molecule is CN(CCCN)C(=O)CN1CCC(C)(C(N)=O)C1. The van der Waals surface area contributed by atoms with Crippen molar-refractivity contribution < 1.29 is 9.59 Å². The summed E-state index contributed by atoms with van der Waals surface area (Å²) in [5.41, 5.74) is 10.3. The first-order valence-corrected chi connectivity index (χ1v) is 6.35. The van der Waals surface area contributed by atoms with E-state index in [-0.39, 0.29) is 11.8 Å². The van der Waals surface area contributed by atoms with Gasteiger partial charge in [0.15, 0.2) is 0 Å². The molecular weight excluding hydrogens is 232 g/mol. The highest BCUT2D eigenvalue weighted by Gasteiger charge is 2.39. The van der Waals surface area contributed by atoms with Gasteiger partial charge in [-0.1, -0.05) is 0 Å². The zero-order valence-corrected chi connectivity index (χ0v) is 11.3. The van der Waals surface area contributed by atoms with Gasteiger partial charge in [0.05, 0.1) is 12.0 Å². The molecule has 0 saturated carbocycles. The highest BCUT2D eigenvalue weighted by Crippen LogP contribution is 2.29. The Hall–Kier alpha value is -1.14. The van der Waals surface area contributed by atoms with Crippen LogP contribution >= 0.6 is 0 Å². The number of likely N-dealkylation sites (N-methyl/N-ethyl adjacent to an activating group) is 1. The molecule has 1 rings (SSSR count). The third kappa shape index (κ3) is 3.68. The van der Waals surface area contributed by atoms with Crippen molar-refractivity contribution >= 4 is 11.8 Å².